The summed E-state index contributed by atoms with van der Waals surface area (Å²) in [6, 6.07) is 8.60. The summed E-state index contributed by atoms with van der Waals surface area (Å²) in [5.41, 5.74) is 2.63. The maximum atomic E-state index is 6.17. The highest BCUT2D eigenvalue weighted by Crippen LogP contribution is 2.33. The van der Waals surface area contributed by atoms with Gasteiger partial charge in [0.2, 0.25) is 0 Å². The van der Waals surface area contributed by atoms with Crippen LogP contribution in [0.5, 0.6) is 0 Å². The molecule has 1 aromatic heterocycles. The second-order valence-electron chi connectivity index (χ2n) is 4.53. The molecule has 2 rings (SSSR count). The van der Waals surface area contributed by atoms with Gasteiger partial charge in [0.15, 0.2) is 0 Å². The second-order valence-corrected chi connectivity index (χ2v) is 7.58. The lowest BCUT2D eigenvalue weighted by atomic mass is 9.99. The highest BCUT2D eigenvalue weighted by Gasteiger charge is 2.19. The van der Waals surface area contributed by atoms with Gasteiger partial charge in [-0.15, -0.1) is 11.3 Å². The molecule has 1 unspecified atom stereocenters. The van der Waals surface area contributed by atoms with Crippen LogP contribution in [-0.4, -0.2) is 6.54 Å². The average molecular weight is 406 g/mol. The molecule has 102 valence electrons. The topological polar surface area (TPSA) is 12.0 Å². The van der Waals surface area contributed by atoms with Crippen LogP contribution in [-0.2, 0) is 0 Å². The van der Waals surface area contributed by atoms with Gasteiger partial charge in [0.25, 0.3) is 0 Å². The maximum absolute atomic E-state index is 6.17. The van der Waals surface area contributed by atoms with Crippen LogP contribution in [0.2, 0.25) is 5.02 Å². The van der Waals surface area contributed by atoms with Gasteiger partial charge in [0.05, 0.1) is 6.04 Å². The lowest BCUT2D eigenvalue weighted by molar-refractivity contribution is 0.627. The van der Waals surface area contributed by atoms with Gasteiger partial charge in [-0.25, -0.2) is 0 Å². The zero-order chi connectivity index (χ0) is 14.0. The first-order valence-electron chi connectivity index (χ1n) is 6.28. The molecule has 0 bridgehead atoms. The summed E-state index contributed by atoms with van der Waals surface area (Å²) in [5.74, 6) is 0. The fraction of sp³-hybridized carbons (Fsp3) is 0.333. The number of hydrogen-bond acceptors (Lipinski definition) is 2. The number of aryl methyl sites for hydroxylation is 2. The molecule has 1 aromatic carbocycles. The van der Waals surface area contributed by atoms with E-state index in [1.165, 1.54) is 24.5 Å². The largest absolute Gasteiger partial charge is 0.306 e. The first kappa shape index (κ1) is 15.3. The fourth-order valence-electron chi connectivity index (χ4n) is 2.26. The quantitative estimate of drug-likeness (QED) is 0.679. The molecule has 0 aliphatic carbocycles. The summed E-state index contributed by atoms with van der Waals surface area (Å²) in [6.45, 7) is 7.42. The molecule has 2 aromatic rings. The van der Waals surface area contributed by atoms with E-state index in [9.17, 15) is 0 Å². The summed E-state index contributed by atoms with van der Waals surface area (Å²) in [4.78, 5) is 2.73. The Morgan fingerprint density at radius 3 is 2.58 bits per heavy atom. The summed E-state index contributed by atoms with van der Waals surface area (Å²) in [7, 11) is 0. The van der Waals surface area contributed by atoms with Crippen molar-refractivity contribution in [1.82, 2.24) is 5.32 Å². The zero-order valence-corrected chi connectivity index (χ0v) is 15.0. The lowest BCUT2D eigenvalue weighted by Crippen LogP contribution is -2.23. The molecule has 0 aliphatic heterocycles. The Balaban J connectivity index is 2.51. The van der Waals surface area contributed by atoms with Crippen LogP contribution < -0.4 is 5.32 Å². The predicted octanol–water partition coefficient (Wildman–Crippen LogP) is 5.32. The normalized spacial score (nSPS) is 12.7. The molecule has 0 amide bonds. The van der Waals surface area contributed by atoms with Crippen molar-refractivity contribution in [2.24, 2.45) is 0 Å². The van der Waals surface area contributed by atoms with Crippen molar-refractivity contribution < 1.29 is 0 Å². The Morgan fingerprint density at radius 2 is 2.00 bits per heavy atom. The van der Waals surface area contributed by atoms with Gasteiger partial charge in [0, 0.05) is 18.3 Å². The van der Waals surface area contributed by atoms with Gasteiger partial charge in [-0.1, -0.05) is 18.5 Å². The third-order valence-corrected chi connectivity index (χ3v) is 5.27. The van der Waals surface area contributed by atoms with Crippen LogP contribution in [0.4, 0.5) is 0 Å². The van der Waals surface area contributed by atoms with E-state index in [2.05, 4.69) is 66.9 Å². The smallest absolute Gasteiger partial charge is 0.0598 e. The maximum Gasteiger partial charge on any atom is 0.0598 e. The van der Waals surface area contributed by atoms with Gasteiger partial charge >= 0.3 is 0 Å². The summed E-state index contributed by atoms with van der Waals surface area (Å²) < 4.78 is 1.25. The standard InChI is InChI=1S/C15H17ClINS/c1-4-18-15(12-7-9(2)19-10(12)3)13-8-11(16)5-6-14(13)17/h5-8,15,18H,4H2,1-3H3. The van der Waals surface area contributed by atoms with Gasteiger partial charge in [-0.05, 0) is 78.4 Å². The van der Waals surface area contributed by atoms with E-state index in [1.807, 2.05) is 17.4 Å². The van der Waals surface area contributed by atoms with E-state index in [0.717, 1.165) is 11.6 Å². The molecule has 4 heteroatoms. The van der Waals surface area contributed by atoms with E-state index < -0.39 is 0 Å². The fourth-order valence-corrected chi connectivity index (χ4v) is 4.06. The van der Waals surface area contributed by atoms with Crippen LogP contribution in [0.3, 0.4) is 0 Å². The Kier molecular flexibility index (Phi) is 5.29. The van der Waals surface area contributed by atoms with E-state index in [1.54, 1.807) is 0 Å². The zero-order valence-electron chi connectivity index (χ0n) is 11.3. The number of halogens is 2. The van der Waals surface area contributed by atoms with Crippen molar-refractivity contribution >= 4 is 45.5 Å². The van der Waals surface area contributed by atoms with Crippen molar-refractivity contribution in [3.05, 3.63) is 53.7 Å². The third kappa shape index (κ3) is 3.51. The van der Waals surface area contributed by atoms with Crippen molar-refractivity contribution in [1.29, 1.82) is 0 Å². The monoisotopic (exact) mass is 405 g/mol. The van der Waals surface area contributed by atoms with Gasteiger partial charge in [0.1, 0.15) is 0 Å². The molecule has 1 nitrogen and oxygen atoms in total. The van der Waals surface area contributed by atoms with E-state index in [4.69, 9.17) is 11.6 Å². The Hall–Kier alpha value is -0.100. The van der Waals surface area contributed by atoms with Gasteiger partial charge < -0.3 is 5.32 Å². The van der Waals surface area contributed by atoms with Gasteiger partial charge in [-0.2, -0.15) is 0 Å². The number of hydrogen-bond donors (Lipinski definition) is 1. The second kappa shape index (κ2) is 6.57. The Morgan fingerprint density at radius 1 is 1.26 bits per heavy atom. The average Bonchev–Trinajstić information content (AvgIpc) is 2.69. The van der Waals surface area contributed by atoms with Crippen molar-refractivity contribution in [3.8, 4) is 0 Å². The van der Waals surface area contributed by atoms with Crippen LogP contribution in [0.15, 0.2) is 24.3 Å². The summed E-state index contributed by atoms with van der Waals surface area (Å²) >= 11 is 10.4. The molecule has 1 heterocycles. The number of rotatable bonds is 4. The molecule has 0 spiro atoms. The van der Waals surface area contributed by atoms with E-state index in [0.29, 0.717) is 0 Å². The Labute approximate surface area is 137 Å². The number of thiophene rings is 1. The summed E-state index contributed by atoms with van der Waals surface area (Å²) in [5, 5.41) is 4.38. The molecule has 0 saturated carbocycles. The molecule has 0 radical (unpaired) electrons. The minimum Gasteiger partial charge on any atom is -0.306 e. The minimum atomic E-state index is 0.223. The minimum absolute atomic E-state index is 0.223. The van der Waals surface area contributed by atoms with E-state index in [-0.39, 0.29) is 6.04 Å². The molecular formula is C15H17ClINS. The number of nitrogens with one attached hydrogen (secondary N) is 1. The van der Waals surface area contributed by atoms with Crippen LogP contribution >= 0.6 is 45.5 Å². The predicted molar refractivity (Wildman–Crippen MR) is 93.5 cm³/mol. The highest BCUT2D eigenvalue weighted by molar-refractivity contribution is 14.1. The third-order valence-electron chi connectivity index (χ3n) is 3.07. The molecule has 19 heavy (non-hydrogen) atoms. The first-order chi connectivity index (χ1) is 9.02. The van der Waals surface area contributed by atoms with Crippen LogP contribution in [0.1, 0.15) is 33.8 Å². The van der Waals surface area contributed by atoms with E-state index >= 15 is 0 Å². The summed E-state index contributed by atoms with van der Waals surface area (Å²) in [6.07, 6.45) is 0. The molecule has 0 saturated heterocycles. The van der Waals surface area contributed by atoms with Crippen molar-refractivity contribution in [2.45, 2.75) is 26.8 Å². The van der Waals surface area contributed by atoms with Crippen molar-refractivity contribution in [2.75, 3.05) is 6.54 Å². The molecule has 0 fully saturated rings. The van der Waals surface area contributed by atoms with Crippen LogP contribution in [0.25, 0.3) is 0 Å². The van der Waals surface area contributed by atoms with Crippen molar-refractivity contribution in [3.63, 3.8) is 0 Å². The first-order valence-corrected chi connectivity index (χ1v) is 8.55. The molecule has 0 aliphatic rings. The highest BCUT2D eigenvalue weighted by atomic mass is 127. The van der Waals surface area contributed by atoms with Crippen LogP contribution in [0, 0.1) is 17.4 Å². The lowest BCUT2D eigenvalue weighted by Gasteiger charge is -2.20. The molecular weight excluding hydrogens is 389 g/mol. The Bertz CT molecular complexity index is 580. The SMILES string of the molecule is CCNC(c1cc(Cl)ccc1I)c1cc(C)sc1C. The van der Waals surface area contributed by atoms with Gasteiger partial charge in [-0.3, -0.25) is 0 Å². The number of benzene rings is 1. The molecule has 1 N–H and O–H groups in total. The molecule has 1 atom stereocenters.